The van der Waals surface area contributed by atoms with Crippen molar-refractivity contribution < 1.29 is 8.42 Å². The first kappa shape index (κ1) is 20.5. The van der Waals surface area contributed by atoms with E-state index < -0.39 is 9.84 Å². The SMILES string of the molecule is CS(=O)(=O)c1ccc(CN=C(N)NC2CCCCC2)cc1Cl.I. The molecule has 0 heterocycles. The Labute approximate surface area is 160 Å². The third kappa shape index (κ3) is 6.46. The molecule has 0 saturated heterocycles. The van der Waals surface area contributed by atoms with Crippen molar-refractivity contribution in [3.63, 3.8) is 0 Å². The Balaban J connectivity index is 0.00000264. The topological polar surface area (TPSA) is 84.5 Å². The molecular formula is C15H23ClIN3O2S. The summed E-state index contributed by atoms with van der Waals surface area (Å²) in [5, 5.41) is 3.45. The van der Waals surface area contributed by atoms with E-state index in [0.29, 0.717) is 18.5 Å². The van der Waals surface area contributed by atoms with Gasteiger partial charge in [0.25, 0.3) is 0 Å². The fourth-order valence-electron chi connectivity index (χ4n) is 2.62. The van der Waals surface area contributed by atoms with Gasteiger partial charge >= 0.3 is 0 Å². The van der Waals surface area contributed by atoms with Crippen LogP contribution >= 0.6 is 35.6 Å². The zero-order chi connectivity index (χ0) is 16.2. The van der Waals surface area contributed by atoms with Gasteiger partial charge in [-0.3, -0.25) is 0 Å². The normalized spacial score (nSPS) is 16.7. The molecular weight excluding hydrogens is 449 g/mol. The van der Waals surface area contributed by atoms with E-state index in [-0.39, 0.29) is 33.9 Å². The molecule has 1 aromatic rings. The maximum Gasteiger partial charge on any atom is 0.189 e. The molecule has 0 atom stereocenters. The number of guanidine groups is 1. The van der Waals surface area contributed by atoms with Crippen molar-refractivity contribution >= 4 is 51.4 Å². The van der Waals surface area contributed by atoms with Crippen LogP contribution in [0.15, 0.2) is 28.1 Å². The van der Waals surface area contributed by atoms with Crippen LogP contribution in [-0.2, 0) is 16.4 Å². The number of hydrogen-bond acceptors (Lipinski definition) is 3. The van der Waals surface area contributed by atoms with E-state index in [0.717, 1.165) is 24.7 Å². The highest BCUT2D eigenvalue weighted by atomic mass is 127. The van der Waals surface area contributed by atoms with E-state index in [2.05, 4.69) is 10.3 Å². The average Bonchev–Trinajstić information content (AvgIpc) is 2.45. The quantitative estimate of drug-likeness (QED) is 0.401. The van der Waals surface area contributed by atoms with Crippen LogP contribution in [0.3, 0.4) is 0 Å². The van der Waals surface area contributed by atoms with Gasteiger partial charge in [0.15, 0.2) is 15.8 Å². The molecule has 0 spiro atoms. The third-order valence-corrected chi connectivity index (χ3v) is 5.36. The molecule has 0 radical (unpaired) electrons. The van der Waals surface area contributed by atoms with Gasteiger partial charge in [-0.1, -0.05) is 36.9 Å². The van der Waals surface area contributed by atoms with Crippen LogP contribution in [0.1, 0.15) is 37.7 Å². The number of sulfone groups is 1. The summed E-state index contributed by atoms with van der Waals surface area (Å²) in [6.45, 7) is 0.370. The van der Waals surface area contributed by atoms with Crippen LogP contribution in [0, 0.1) is 0 Å². The number of benzene rings is 1. The number of halogens is 2. The first-order valence-corrected chi connectivity index (χ1v) is 9.68. The fraction of sp³-hybridized carbons (Fsp3) is 0.533. The van der Waals surface area contributed by atoms with Crippen LogP contribution in [0.5, 0.6) is 0 Å². The van der Waals surface area contributed by atoms with Crippen LogP contribution in [-0.4, -0.2) is 26.7 Å². The van der Waals surface area contributed by atoms with Crippen molar-refractivity contribution in [2.45, 2.75) is 49.6 Å². The van der Waals surface area contributed by atoms with Crippen molar-refractivity contribution in [2.75, 3.05) is 6.26 Å². The molecule has 1 aromatic carbocycles. The second-order valence-electron chi connectivity index (χ2n) is 5.72. The maximum atomic E-state index is 11.5. The lowest BCUT2D eigenvalue weighted by molar-refractivity contribution is 0.412. The molecule has 23 heavy (non-hydrogen) atoms. The molecule has 130 valence electrons. The maximum absolute atomic E-state index is 11.5. The Morgan fingerprint density at radius 3 is 2.57 bits per heavy atom. The zero-order valence-corrected chi connectivity index (χ0v) is 17.0. The number of aliphatic imine (C=N–C) groups is 1. The van der Waals surface area contributed by atoms with Gasteiger partial charge in [-0.05, 0) is 30.5 Å². The number of nitrogens with two attached hydrogens (primary N) is 1. The first-order chi connectivity index (χ1) is 10.4. The fourth-order valence-corrected chi connectivity index (χ4v) is 3.97. The number of rotatable bonds is 4. The Morgan fingerprint density at radius 2 is 2.00 bits per heavy atom. The highest BCUT2D eigenvalue weighted by molar-refractivity contribution is 14.0. The molecule has 0 aliphatic heterocycles. The molecule has 1 aliphatic rings. The molecule has 3 N–H and O–H groups in total. The molecule has 8 heteroatoms. The van der Waals surface area contributed by atoms with Crippen molar-refractivity contribution in [1.82, 2.24) is 5.32 Å². The highest BCUT2D eigenvalue weighted by Gasteiger charge is 2.14. The lowest BCUT2D eigenvalue weighted by Gasteiger charge is -2.23. The second kappa shape index (κ2) is 9.08. The van der Waals surface area contributed by atoms with Crippen LogP contribution in [0.25, 0.3) is 0 Å². The van der Waals surface area contributed by atoms with E-state index in [1.54, 1.807) is 12.1 Å². The number of nitrogens with one attached hydrogen (secondary N) is 1. The molecule has 1 aliphatic carbocycles. The number of nitrogens with zero attached hydrogens (tertiary/aromatic N) is 1. The summed E-state index contributed by atoms with van der Waals surface area (Å²) in [7, 11) is -3.31. The summed E-state index contributed by atoms with van der Waals surface area (Å²) in [4.78, 5) is 4.43. The van der Waals surface area contributed by atoms with Crippen LogP contribution in [0.4, 0.5) is 0 Å². The van der Waals surface area contributed by atoms with Crippen LogP contribution < -0.4 is 11.1 Å². The van der Waals surface area contributed by atoms with Crippen LogP contribution in [0.2, 0.25) is 5.02 Å². The van der Waals surface area contributed by atoms with Gasteiger partial charge in [0.05, 0.1) is 16.5 Å². The van der Waals surface area contributed by atoms with Gasteiger partial charge in [-0.2, -0.15) is 0 Å². The Kier molecular flexibility index (Phi) is 8.09. The molecule has 1 fully saturated rings. The van der Waals surface area contributed by atoms with Crippen molar-refractivity contribution in [3.05, 3.63) is 28.8 Å². The minimum absolute atomic E-state index is 0. The largest absolute Gasteiger partial charge is 0.370 e. The van der Waals surface area contributed by atoms with E-state index in [1.807, 2.05) is 0 Å². The summed E-state index contributed by atoms with van der Waals surface area (Å²) in [6, 6.07) is 5.25. The van der Waals surface area contributed by atoms with E-state index >= 15 is 0 Å². The Hall–Kier alpha value is -0.540. The lowest BCUT2D eigenvalue weighted by atomic mass is 9.96. The molecule has 5 nitrogen and oxygen atoms in total. The van der Waals surface area contributed by atoms with Gasteiger partial charge in [0.2, 0.25) is 0 Å². The molecule has 0 aromatic heterocycles. The first-order valence-electron chi connectivity index (χ1n) is 7.41. The van der Waals surface area contributed by atoms with Crippen molar-refractivity contribution in [3.8, 4) is 0 Å². The lowest BCUT2D eigenvalue weighted by Crippen LogP contribution is -2.41. The van der Waals surface area contributed by atoms with Gasteiger partial charge in [0, 0.05) is 12.3 Å². The monoisotopic (exact) mass is 471 g/mol. The van der Waals surface area contributed by atoms with Gasteiger partial charge < -0.3 is 11.1 Å². The predicted molar refractivity (Wildman–Crippen MR) is 105 cm³/mol. The Morgan fingerprint density at radius 1 is 1.35 bits per heavy atom. The van der Waals surface area contributed by atoms with Crippen molar-refractivity contribution in [1.29, 1.82) is 0 Å². The summed E-state index contributed by atoms with van der Waals surface area (Å²) in [5.74, 6) is 0.426. The van der Waals surface area contributed by atoms with E-state index in [4.69, 9.17) is 17.3 Å². The highest BCUT2D eigenvalue weighted by Crippen LogP contribution is 2.23. The van der Waals surface area contributed by atoms with E-state index in [9.17, 15) is 8.42 Å². The molecule has 2 rings (SSSR count). The van der Waals surface area contributed by atoms with Gasteiger partial charge in [0.1, 0.15) is 0 Å². The predicted octanol–water partition coefficient (Wildman–Crippen LogP) is 3.10. The molecule has 0 unspecified atom stereocenters. The minimum atomic E-state index is -3.31. The van der Waals surface area contributed by atoms with Gasteiger partial charge in [-0.15, -0.1) is 24.0 Å². The Bertz CT molecular complexity index is 659. The minimum Gasteiger partial charge on any atom is -0.370 e. The van der Waals surface area contributed by atoms with Crippen molar-refractivity contribution in [2.24, 2.45) is 10.7 Å². The molecule has 0 bridgehead atoms. The molecule has 1 saturated carbocycles. The second-order valence-corrected chi connectivity index (χ2v) is 8.11. The summed E-state index contributed by atoms with van der Waals surface area (Å²) in [5.41, 5.74) is 6.72. The number of hydrogen-bond donors (Lipinski definition) is 2. The van der Waals surface area contributed by atoms with Gasteiger partial charge in [-0.25, -0.2) is 13.4 Å². The summed E-state index contributed by atoms with van der Waals surface area (Å²) in [6.07, 6.45) is 7.15. The zero-order valence-electron chi connectivity index (χ0n) is 13.1. The average molecular weight is 472 g/mol. The summed E-state index contributed by atoms with van der Waals surface area (Å²) >= 11 is 6.01. The smallest absolute Gasteiger partial charge is 0.189 e. The summed E-state index contributed by atoms with van der Waals surface area (Å²) < 4.78 is 23.0. The van der Waals surface area contributed by atoms with E-state index in [1.165, 1.54) is 25.3 Å². The third-order valence-electron chi connectivity index (χ3n) is 3.78. The molecule has 0 amide bonds. The standard InChI is InChI=1S/C15H22ClN3O2S.HI/c1-22(20,21)14-8-7-11(9-13(14)16)10-18-15(17)19-12-5-3-2-4-6-12;/h7-9,12H,2-6,10H2,1H3,(H3,17,18,19);1H.